The second-order valence-corrected chi connectivity index (χ2v) is 4.82. The Morgan fingerprint density at radius 3 is 2.86 bits per heavy atom. The lowest BCUT2D eigenvalue weighted by Crippen LogP contribution is -2.03. The molecule has 0 aliphatic rings. The molecule has 0 spiro atoms. The Morgan fingerprint density at radius 1 is 1.33 bits per heavy atom. The molecule has 0 saturated heterocycles. The number of aromatic nitrogens is 2. The SMILES string of the molecule is COc1cc(C#N)ccc1-n1c(N)nc2c(Cl)cccc21. The maximum atomic E-state index is 8.97. The van der Waals surface area contributed by atoms with Crippen molar-refractivity contribution in [2.24, 2.45) is 0 Å². The highest BCUT2D eigenvalue weighted by molar-refractivity contribution is 6.35. The fraction of sp³-hybridized carbons (Fsp3) is 0.0667. The number of methoxy groups -OCH3 is 1. The molecule has 0 unspecified atom stereocenters. The minimum Gasteiger partial charge on any atom is -0.495 e. The molecule has 104 valence electrons. The summed E-state index contributed by atoms with van der Waals surface area (Å²) in [4.78, 5) is 4.30. The average molecular weight is 299 g/mol. The summed E-state index contributed by atoms with van der Waals surface area (Å²) in [6, 6.07) is 12.7. The lowest BCUT2D eigenvalue weighted by Gasteiger charge is -2.11. The molecule has 3 rings (SSSR count). The van der Waals surface area contributed by atoms with Crippen LogP contribution in [0.1, 0.15) is 5.56 Å². The third-order valence-corrected chi connectivity index (χ3v) is 3.52. The van der Waals surface area contributed by atoms with E-state index in [4.69, 9.17) is 27.3 Å². The van der Waals surface area contributed by atoms with Gasteiger partial charge in [-0.05, 0) is 24.3 Å². The highest BCUT2D eigenvalue weighted by Gasteiger charge is 2.15. The molecule has 0 radical (unpaired) electrons. The number of nitrogen functional groups attached to an aromatic ring is 1. The maximum Gasteiger partial charge on any atom is 0.206 e. The van der Waals surface area contributed by atoms with Gasteiger partial charge in [-0.25, -0.2) is 4.98 Å². The van der Waals surface area contributed by atoms with Gasteiger partial charge in [0.25, 0.3) is 0 Å². The van der Waals surface area contributed by atoms with Crippen LogP contribution < -0.4 is 10.5 Å². The maximum absolute atomic E-state index is 8.97. The second-order valence-electron chi connectivity index (χ2n) is 4.41. The Labute approximate surface area is 126 Å². The van der Waals surface area contributed by atoms with Crippen molar-refractivity contribution in [1.82, 2.24) is 9.55 Å². The zero-order chi connectivity index (χ0) is 15.0. The van der Waals surface area contributed by atoms with E-state index in [2.05, 4.69) is 11.1 Å². The standard InChI is InChI=1S/C15H11ClN4O/c1-21-13-7-9(8-17)5-6-11(13)20-12-4-2-3-10(16)14(12)19-15(20)18/h2-7H,1H3,(H2,18,19). The Kier molecular flexibility index (Phi) is 3.16. The van der Waals surface area contributed by atoms with Crippen LogP contribution in [0.15, 0.2) is 36.4 Å². The highest BCUT2D eigenvalue weighted by Crippen LogP contribution is 2.32. The van der Waals surface area contributed by atoms with Gasteiger partial charge in [-0.1, -0.05) is 17.7 Å². The van der Waals surface area contributed by atoms with Gasteiger partial charge in [-0.2, -0.15) is 5.26 Å². The summed E-state index contributed by atoms with van der Waals surface area (Å²) in [6.07, 6.45) is 0. The number of anilines is 1. The first-order valence-corrected chi connectivity index (χ1v) is 6.54. The lowest BCUT2D eigenvalue weighted by atomic mass is 10.2. The minimum atomic E-state index is 0.307. The van der Waals surface area contributed by atoms with Gasteiger partial charge in [0, 0.05) is 6.07 Å². The predicted molar refractivity (Wildman–Crippen MR) is 81.8 cm³/mol. The number of ether oxygens (including phenoxy) is 1. The first-order valence-electron chi connectivity index (χ1n) is 6.16. The smallest absolute Gasteiger partial charge is 0.206 e. The van der Waals surface area contributed by atoms with Gasteiger partial charge < -0.3 is 10.5 Å². The van der Waals surface area contributed by atoms with Crippen molar-refractivity contribution >= 4 is 28.6 Å². The van der Waals surface area contributed by atoms with E-state index in [-0.39, 0.29) is 0 Å². The molecule has 2 aromatic carbocycles. The number of rotatable bonds is 2. The summed E-state index contributed by atoms with van der Waals surface area (Å²) in [5, 5.41) is 9.51. The van der Waals surface area contributed by atoms with Crippen molar-refractivity contribution in [3.05, 3.63) is 47.0 Å². The topological polar surface area (TPSA) is 76.9 Å². The molecule has 0 aliphatic carbocycles. The van der Waals surface area contributed by atoms with Crippen LogP contribution in [0.25, 0.3) is 16.7 Å². The number of fused-ring (bicyclic) bond motifs is 1. The van der Waals surface area contributed by atoms with Crippen LogP contribution in [0, 0.1) is 11.3 Å². The van der Waals surface area contributed by atoms with Crippen LogP contribution in [-0.2, 0) is 0 Å². The van der Waals surface area contributed by atoms with E-state index in [1.807, 2.05) is 12.1 Å². The third kappa shape index (κ3) is 2.06. The van der Waals surface area contributed by atoms with Crippen molar-refractivity contribution in [1.29, 1.82) is 5.26 Å². The van der Waals surface area contributed by atoms with Crippen LogP contribution in [-0.4, -0.2) is 16.7 Å². The molecule has 0 amide bonds. The van der Waals surface area contributed by atoms with Crippen LogP contribution in [0.3, 0.4) is 0 Å². The van der Waals surface area contributed by atoms with E-state index < -0.39 is 0 Å². The van der Waals surface area contributed by atoms with Gasteiger partial charge in [0.2, 0.25) is 5.95 Å². The summed E-state index contributed by atoms with van der Waals surface area (Å²) < 4.78 is 7.11. The second kappa shape index (κ2) is 5.00. The van der Waals surface area contributed by atoms with Crippen molar-refractivity contribution in [2.45, 2.75) is 0 Å². The van der Waals surface area contributed by atoms with E-state index in [1.54, 1.807) is 35.9 Å². The fourth-order valence-electron chi connectivity index (χ4n) is 2.27. The molecule has 0 atom stereocenters. The number of nitrogens with two attached hydrogens (primary N) is 1. The summed E-state index contributed by atoms with van der Waals surface area (Å²) in [5.41, 5.74) is 8.65. The molecule has 5 nitrogen and oxygen atoms in total. The molecule has 21 heavy (non-hydrogen) atoms. The number of hydrogen-bond donors (Lipinski definition) is 1. The summed E-state index contributed by atoms with van der Waals surface area (Å²) in [5.74, 6) is 0.848. The van der Waals surface area contributed by atoms with Crippen molar-refractivity contribution in [3.8, 4) is 17.5 Å². The number of hydrogen-bond acceptors (Lipinski definition) is 4. The zero-order valence-electron chi connectivity index (χ0n) is 11.2. The number of benzene rings is 2. The number of para-hydroxylation sites is 1. The van der Waals surface area contributed by atoms with Crippen LogP contribution in [0.5, 0.6) is 5.75 Å². The number of imidazole rings is 1. The Bertz CT molecular complexity index is 879. The first kappa shape index (κ1) is 13.3. The van der Waals surface area contributed by atoms with E-state index in [1.165, 1.54) is 0 Å². The van der Waals surface area contributed by atoms with Crippen molar-refractivity contribution < 1.29 is 4.74 Å². The molecule has 2 N–H and O–H groups in total. The van der Waals surface area contributed by atoms with Crippen LogP contribution in [0.4, 0.5) is 5.95 Å². The summed E-state index contributed by atoms with van der Waals surface area (Å²) in [6.45, 7) is 0. The summed E-state index contributed by atoms with van der Waals surface area (Å²) in [7, 11) is 1.54. The molecule has 0 aliphatic heterocycles. The Hall–Kier alpha value is -2.71. The number of halogens is 1. The highest BCUT2D eigenvalue weighted by atomic mass is 35.5. The van der Waals surface area contributed by atoms with Gasteiger partial charge >= 0.3 is 0 Å². The van der Waals surface area contributed by atoms with E-state index >= 15 is 0 Å². The van der Waals surface area contributed by atoms with E-state index in [0.717, 1.165) is 5.52 Å². The van der Waals surface area contributed by atoms with Crippen molar-refractivity contribution in [2.75, 3.05) is 12.8 Å². The molecule has 1 aromatic heterocycles. The van der Waals surface area contributed by atoms with E-state index in [9.17, 15) is 0 Å². The molecule has 3 aromatic rings. The van der Waals surface area contributed by atoms with Crippen molar-refractivity contribution in [3.63, 3.8) is 0 Å². The molecule has 0 fully saturated rings. The predicted octanol–water partition coefficient (Wildman–Crippen LogP) is 3.14. The third-order valence-electron chi connectivity index (χ3n) is 3.21. The van der Waals surface area contributed by atoms with Gasteiger partial charge in [-0.3, -0.25) is 4.57 Å². The molecule has 6 heteroatoms. The number of nitrogens with zero attached hydrogens (tertiary/aromatic N) is 3. The molecule has 1 heterocycles. The van der Waals surface area contributed by atoms with Gasteiger partial charge in [0.05, 0.1) is 35.0 Å². The first-order chi connectivity index (χ1) is 10.2. The Balaban J connectivity index is 2.33. The van der Waals surface area contributed by atoms with Gasteiger partial charge in [-0.15, -0.1) is 0 Å². The van der Waals surface area contributed by atoms with Crippen LogP contribution >= 0.6 is 11.6 Å². The minimum absolute atomic E-state index is 0.307. The monoisotopic (exact) mass is 298 g/mol. The van der Waals surface area contributed by atoms with Gasteiger partial charge in [0.15, 0.2) is 0 Å². The van der Waals surface area contributed by atoms with Gasteiger partial charge in [0.1, 0.15) is 11.3 Å². The zero-order valence-corrected chi connectivity index (χ0v) is 11.9. The number of nitriles is 1. The fourth-order valence-corrected chi connectivity index (χ4v) is 2.48. The molecular weight excluding hydrogens is 288 g/mol. The molecule has 0 bridgehead atoms. The lowest BCUT2D eigenvalue weighted by molar-refractivity contribution is 0.413. The van der Waals surface area contributed by atoms with E-state index in [0.29, 0.717) is 33.5 Å². The average Bonchev–Trinajstić information content (AvgIpc) is 2.84. The largest absolute Gasteiger partial charge is 0.495 e. The molecular formula is C15H11ClN4O. The quantitative estimate of drug-likeness (QED) is 0.788. The Morgan fingerprint density at radius 2 is 2.14 bits per heavy atom. The normalized spacial score (nSPS) is 10.5. The van der Waals surface area contributed by atoms with Crippen LogP contribution in [0.2, 0.25) is 5.02 Å². The summed E-state index contributed by atoms with van der Waals surface area (Å²) >= 11 is 6.15. The molecule has 0 saturated carbocycles.